The van der Waals surface area contributed by atoms with Crippen LogP contribution in [0.5, 0.6) is 0 Å². The molecule has 4 nitrogen and oxygen atoms in total. The van der Waals surface area contributed by atoms with E-state index in [-0.39, 0.29) is 12.4 Å². The highest BCUT2D eigenvalue weighted by Crippen LogP contribution is 2.16. The lowest BCUT2D eigenvalue weighted by Gasteiger charge is -2.21. The van der Waals surface area contributed by atoms with Crippen LogP contribution in [0.1, 0.15) is 22.6 Å². The molecule has 0 spiro atoms. The third-order valence-corrected chi connectivity index (χ3v) is 3.73. The molecular formula is C19H19FN2O2. The van der Waals surface area contributed by atoms with E-state index in [2.05, 4.69) is 9.88 Å². The van der Waals surface area contributed by atoms with Crippen LogP contribution in [-0.4, -0.2) is 15.0 Å². The van der Waals surface area contributed by atoms with E-state index in [1.165, 1.54) is 12.1 Å². The third kappa shape index (κ3) is 4.50. The van der Waals surface area contributed by atoms with Crippen molar-refractivity contribution in [2.45, 2.75) is 26.2 Å². The molecule has 0 radical (unpaired) electrons. The number of hydrogen-bond donors (Lipinski definition) is 1. The average Bonchev–Trinajstić information content (AvgIpc) is 3.05. The van der Waals surface area contributed by atoms with Crippen molar-refractivity contribution in [3.63, 3.8) is 0 Å². The van der Waals surface area contributed by atoms with E-state index in [9.17, 15) is 4.39 Å². The topological polar surface area (TPSA) is 49.5 Å². The maximum Gasteiger partial charge on any atom is 0.129 e. The normalized spacial score (nSPS) is 11.1. The van der Waals surface area contributed by atoms with Gasteiger partial charge in [0.1, 0.15) is 23.9 Å². The molecule has 24 heavy (non-hydrogen) atoms. The number of hydrogen-bond acceptors (Lipinski definition) is 4. The summed E-state index contributed by atoms with van der Waals surface area (Å²) in [6.07, 6.45) is 3.53. The molecule has 1 N–H and O–H groups in total. The number of benzene rings is 1. The van der Waals surface area contributed by atoms with Crippen molar-refractivity contribution in [3.8, 4) is 0 Å². The minimum Gasteiger partial charge on any atom is -0.462 e. The van der Waals surface area contributed by atoms with Gasteiger partial charge in [-0.05, 0) is 47.5 Å². The number of aliphatic hydroxyl groups is 1. The monoisotopic (exact) mass is 326 g/mol. The van der Waals surface area contributed by atoms with E-state index in [1.54, 1.807) is 30.6 Å². The Kier molecular flexibility index (Phi) is 5.36. The summed E-state index contributed by atoms with van der Waals surface area (Å²) in [6.45, 7) is 1.87. The van der Waals surface area contributed by atoms with Gasteiger partial charge < -0.3 is 9.52 Å². The van der Waals surface area contributed by atoms with Crippen molar-refractivity contribution in [2.24, 2.45) is 0 Å². The minimum atomic E-state index is -0.238. The van der Waals surface area contributed by atoms with Crippen LogP contribution >= 0.6 is 0 Å². The van der Waals surface area contributed by atoms with Crippen LogP contribution in [0, 0.1) is 5.82 Å². The van der Waals surface area contributed by atoms with Gasteiger partial charge in [-0.2, -0.15) is 0 Å². The van der Waals surface area contributed by atoms with Crippen molar-refractivity contribution < 1.29 is 13.9 Å². The van der Waals surface area contributed by atoms with Gasteiger partial charge in [0.15, 0.2) is 0 Å². The van der Waals surface area contributed by atoms with Crippen LogP contribution in [-0.2, 0) is 26.2 Å². The van der Waals surface area contributed by atoms with Crippen LogP contribution in [0.25, 0.3) is 0 Å². The van der Waals surface area contributed by atoms with Gasteiger partial charge in [0.25, 0.3) is 0 Å². The number of furan rings is 1. The molecule has 0 saturated heterocycles. The summed E-state index contributed by atoms with van der Waals surface area (Å²) in [5.41, 5.74) is 2.17. The SMILES string of the molecule is OCc1ccc(CN(Cc2ccncc2)Cc2ccc(F)cc2)o1. The number of aliphatic hydroxyl groups excluding tert-OH is 1. The summed E-state index contributed by atoms with van der Waals surface area (Å²) in [5, 5.41) is 9.13. The highest BCUT2D eigenvalue weighted by atomic mass is 19.1. The zero-order chi connectivity index (χ0) is 16.8. The lowest BCUT2D eigenvalue weighted by atomic mass is 10.2. The third-order valence-electron chi connectivity index (χ3n) is 3.73. The first-order valence-corrected chi connectivity index (χ1v) is 7.77. The first kappa shape index (κ1) is 16.4. The molecule has 0 aliphatic heterocycles. The van der Waals surface area contributed by atoms with Gasteiger partial charge in [-0.1, -0.05) is 12.1 Å². The molecule has 2 aromatic heterocycles. The second kappa shape index (κ2) is 7.86. The zero-order valence-electron chi connectivity index (χ0n) is 13.2. The molecule has 0 unspecified atom stereocenters. The molecule has 2 heterocycles. The highest BCUT2D eigenvalue weighted by Gasteiger charge is 2.11. The summed E-state index contributed by atoms with van der Waals surface area (Å²) in [6, 6.07) is 14.1. The molecule has 5 heteroatoms. The summed E-state index contributed by atoms with van der Waals surface area (Å²) in [5.74, 6) is 1.10. The minimum absolute atomic E-state index is 0.109. The number of pyridine rings is 1. The molecule has 0 atom stereocenters. The van der Waals surface area contributed by atoms with E-state index in [1.807, 2.05) is 18.2 Å². The molecule has 0 amide bonds. The summed E-state index contributed by atoms with van der Waals surface area (Å²) in [7, 11) is 0. The van der Waals surface area contributed by atoms with E-state index in [0.717, 1.165) is 23.4 Å². The van der Waals surface area contributed by atoms with Crippen LogP contribution in [0.15, 0.2) is 65.3 Å². The average molecular weight is 326 g/mol. The van der Waals surface area contributed by atoms with Gasteiger partial charge in [-0.3, -0.25) is 9.88 Å². The van der Waals surface area contributed by atoms with Crippen LogP contribution in [0.4, 0.5) is 4.39 Å². The summed E-state index contributed by atoms with van der Waals surface area (Å²) in [4.78, 5) is 6.24. The summed E-state index contributed by atoms with van der Waals surface area (Å²) < 4.78 is 18.7. The fourth-order valence-electron chi connectivity index (χ4n) is 2.57. The molecular weight excluding hydrogens is 307 g/mol. The predicted octanol–water partition coefficient (Wildman–Crippen LogP) is 3.51. The molecule has 0 aliphatic rings. The number of rotatable bonds is 7. The van der Waals surface area contributed by atoms with Crippen LogP contribution in [0.3, 0.4) is 0 Å². The highest BCUT2D eigenvalue weighted by molar-refractivity contribution is 5.17. The lowest BCUT2D eigenvalue weighted by Crippen LogP contribution is -2.22. The van der Waals surface area contributed by atoms with Crippen molar-refractivity contribution in [1.82, 2.24) is 9.88 Å². The first-order chi connectivity index (χ1) is 11.7. The smallest absolute Gasteiger partial charge is 0.129 e. The maximum atomic E-state index is 13.1. The molecule has 0 aliphatic carbocycles. The van der Waals surface area contributed by atoms with Gasteiger partial charge in [0.2, 0.25) is 0 Å². The molecule has 3 rings (SSSR count). The van der Waals surface area contributed by atoms with Crippen LogP contribution in [0.2, 0.25) is 0 Å². The Balaban J connectivity index is 1.75. The second-order valence-corrected chi connectivity index (χ2v) is 5.65. The standard InChI is InChI=1S/C19H19FN2O2/c20-17-3-1-15(2-4-17)11-22(12-16-7-9-21-10-8-16)13-18-5-6-19(14-23)24-18/h1-10,23H,11-14H2. The van der Waals surface area contributed by atoms with Gasteiger partial charge in [0, 0.05) is 25.5 Å². The first-order valence-electron chi connectivity index (χ1n) is 7.77. The van der Waals surface area contributed by atoms with E-state index in [0.29, 0.717) is 18.8 Å². The van der Waals surface area contributed by atoms with Gasteiger partial charge in [-0.15, -0.1) is 0 Å². The lowest BCUT2D eigenvalue weighted by molar-refractivity contribution is 0.209. The van der Waals surface area contributed by atoms with Crippen LogP contribution < -0.4 is 0 Å². The van der Waals surface area contributed by atoms with E-state index < -0.39 is 0 Å². The largest absolute Gasteiger partial charge is 0.462 e. The van der Waals surface area contributed by atoms with Gasteiger partial charge >= 0.3 is 0 Å². The summed E-state index contributed by atoms with van der Waals surface area (Å²) >= 11 is 0. The Labute approximate surface area is 140 Å². The van der Waals surface area contributed by atoms with Crippen molar-refractivity contribution in [2.75, 3.05) is 0 Å². The quantitative estimate of drug-likeness (QED) is 0.722. The molecule has 0 saturated carbocycles. The van der Waals surface area contributed by atoms with E-state index >= 15 is 0 Å². The fraction of sp³-hybridized carbons (Fsp3) is 0.211. The number of aromatic nitrogens is 1. The molecule has 0 fully saturated rings. The Hall–Kier alpha value is -2.50. The molecule has 1 aromatic carbocycles. The Morgan fingerprint density at radius 1 is 0.833 bits per heavy atom. The van der Waals surface area contributed by atoms with Crippen molar-refractivity contribution >= 4 is 0 Å². The number of halogens is 1. The fourth-order valence-corrected chi connectivity index (χ4v) is 2.57. The second-order valence-electron chi connectivity index (χ2n) is 5.65. The van der Waals surface area contributed by atoms with Crippen molar-refractivity contribution in [3.05, 3.63) is 89.4 Å². The Morgan fingerprint density at radius 3 is 2.08 bits per heavy atom. The number of nitrogens with zero attached hydrogens (tertiary/aromatic N) is 2. The Morgan fingerprint density at radius 2 is 1.46 bits per heavy atom. The van der Waals surface area contributed by atoms with Gasteiger partial charge in [0.05, 0.1) is 6.54 Å². The molecule has 124 valence electrons. The molecule has 0 bridgehead atoms. The molecule has 3 aromatic rings. The van der Waals surface area contributed by atoms with E-state index in [4.69, 9.17) is 9.52 Å². The van der Waals surface area contributed by atoms with Gasteiger partial charge in [-0.25, -0.2) is 4.39 Å². The maximum absolute atomic E-state index is 13.1. The predicted molar refractivity (Wildman–Crippen MR) is 88.2 cm³/mol. The Bertz CT molecular complexity index is 757. The van der Waals surface area contributed by atoms with Crippen molar-refractivity contribution in [1.29, 1.82) is 0 Å². The zero-order valence-corrected chi connectivity index (χ0v) is 13.2.